The highest BCUT2D eigenvalue weighted by Gasteiger charge is 2.18. The third-order valence-corrected chi connectivity index (χ3v) is 3.53. The SMILES string of the molecule is Cc1noc(C)c1C(C)NC(N)=NC1CCCC1. The van der Waals surface area contributed by atoms with E-state index in [1.54, 1.807) is 0 Å². The number of aromatic nitrogens is 1. The van der Waals surface area contributed by atoms with E-state index in [0.29, 0.717) is 12.0 Å². The van der Waals surface area contributed by atoms with Crippen LogP contribution in [-0.4, -0.2) is 17.2 Å². The molecule has 0 aromatic carbocycles. The molecule has 1 atom stereocenters. The summed E-state index contributed by atoms with van der Waals surface area (Å²) in [6, 6.07) is 0.468. The van der Waals surface area contributed by atoms with Gasteiger partial charge in [0.15, 0.2) is 5.96 Å². The predicted octanol–water partition coefficient (Wildman–Crippen LogP) is 2.20. The molecular weight excluding hydrogens is 228 g/mol. The number of nitrogens with two attached hydrogens (primary N) is 1. The molecule has 0 aliphatic heterocycles. The van der Waals surface area contributed by atoms with Crippen molar-refractivity contribution in [1.82, 2.24) is 10.5 Å². The summed E-state index contributed by atoms with van der Waals surface area (Å²) in [7, 11) is 0. The summed E-state index contributed by atoms with van der Waals surface area (Å²) in [5, 5.41) is 7.17. The third kappa shape index (κ3) is 2.83. The van der Waals surface area contributed by atoms with Gasteiger partial charge in [0.1, 0.15) is 5.76 Å². The lowest BCUT2D eigenvalue weighted by atomic mass is 10.1. The summed E-state index contributed by atoms with van der Waals surface area (Å²) in [6.45, 7) is 5.90. The molecule has 18 heavy (non-hydrogen) atoms. The highest BCUT2D eigenvalue weighted by Crippen LogP contribution is 2.22. The molecule has 0 spiro atoms. The largest absolute Gasteiger partial charge is 0.370 e. The van der Waals surface area contributed by atoms with Crippen molar-refractivity contribution < 1.29 is 4.52 Å². The van der Waals surface area contributed by atoms with Crippen molar-refractivity contribution in [2.45, 2.75) is 58.5 Å². The van der Waals surface area contributed by atoms with E-state index >= 15 is 0 Å². The second-order valence-corrected chi connectivity index (χ2v) is 5.06. The number of guanidine groups is 1. The fourth-order valence-electron chi connectivity index (χ4n) is 2.67. The first-order valence-electron chi connectivity index (χ1n) is 6.60. The molecule has 5 heteroatoms. The number of aliphatic imine (C=N–C) groups is 1. The maximum absolute atomic E-state index is 5.95. The van der Waals surface area contributed by atoms with Gasteiger partial charge in [-0.2, -0.15) is 0 Å². The zero-order valence-corrected chi connectivity index (χ0v) is 11.4. The molecule has 1 aliphatic rings. The minimum atomic E-state index is 0.0707. The first-order valence-corrected chi connectivity index (χ1v) is 6.60. The van der Waals surface area contributed by atoms with Gasteiger partial charge in [-0.25, -0.2) is 0 Å². The molecule has 1 fully saturated rings. The van der Waals surface area contributed by atoms with Crippen LogP contribution in [0.3, 0.4) is 0 Å². The van der Waals surface area contributed by atoms with Gasteiger partial charge in [-0.05, 0) is 33.6 Å². The Kier molecular flexibility index (Phi) is 3.89. The second kappa shape index (κ2) is 5.42. The van der Waals surface area contributed by atoms with Gasteiger partial charge in [-0.15, -0.1) is 0 Å². The van der Waals surface area contributed by atoms with E-state index in [9.17, 15) is 0 Å². The molecule has 0 amide bonds. The van der Waals surface area contributed by atoms with Crippen LogP contribution in [-0.2, 0) is 0 Å². The Morgan fingerprint density at radius 2 is 2.11 bits per heavy atom. The number of aryl methyl sites for hydroxylation is 2. The van der Waals surface area contributed by atoms with Crippen LogP contribution >= 0.6 is 0 Å². The van der Waals surface area contributed by atoms with Crippen LogP contribution in [0.15, 0.2) is 9.52 Å². The van der Waals surface area contributed by atoms with Crippen molar-refractivity contribution in [1.29, 1.82) is 0 Å². The van der Waals surface area contributed by atoms with E-state index in [2.05, 4.69) is 15.5 Å². The highest BCUT2D eigenvalue weighted by molar-refractivity contribution is 5.78. The Bertz CT molecular complexity index is 413. The molecule has 1 unspecified atom stereocenters. The summed E-state index contributed by atoms with van der Waals surface area (Å²) in [5.41, 5.74) is 7.92. The van der Waals surface area contributed by atoms with Gasteiger partial charge in [-0.1, -0.05) is 18.0 Å². The normalized spacial score (nSPS) is 19.2. The lowest BCUT2D eigenvalue weighted by Gasteiger charge is -2.15. The van der Waals surface area contributed by atoms with Crippen LogP contribution in [0.4, 0.5) is 0 Å². The van der Waals surface area contributed by atoms with E-state index in [1.807, 2.05) is 20.8 Å². The zero-order chi connectivity index (χ0) is 13.1. The Hall–Kier alpha value is -1.52. The minimum absolute atomic E-state index is 0.0707. The van der Waals surface area contributed by atoms with Crippen LogP contribution in [0.1, 0.15) is 55.7 Å². The van der Waals surface area contributed by atoms with Gasteiger partial charge in [-0.3, -0.25) is 4.99 Å². The van der Waals surface area contributed by atoms with E-state index in [-0.39, 0.29) is 6.04 Å². The molecule has 1 aromatic heterocycles. The monoisotopic (exact) mass is 250 g/mol. The topological polar surface area (TPSA) is 76.4 Å². The molecule has 100 valence electrons. The molecule has 5 nitrogen and oxygen atoms in total. The summed E-state index contributed by atoms with van der Waals surface area (Å²) in [4.78, 5) is 4.52. The number of nitrogens with zero attached hydrogens (tertiary/aromatic N) is 2. The Labute approximate surface area is 108 Å². The molecular formula is C13H22N4O. The quantitative estimate of drug-likeness (QED) is 0.637. The molecule has 0 radical (unpaired) electrons. The third-order valence-electron chi connectivity index (χ3n) is 3.53. The van der Waals surface area contributed by atoms with E-state index in [4.69, 9.17) is 10.3 Å². The highest BCUT2D eigenvalue weighted by atomic mass is 16.5. The van der Waals surface area contributed by atoms with Crippen LogP contribution < -0.4 is 11.1 Å². The van der Waals surface area contributed by atoms with Gasteiger partial charge in [0.05, 0.1) is 17.8 Å². The molecule has 1 aliphatic carbocycles. The van der Waals surface area contributed by atoms with Crippen molar-refractivity contribution >= 4 is 5.96 Å². The predicted molar refractivity (Wildman–Crippen MR) is 71.4 cm³/mol. The Morgan fingerprint density at radius 1 is 1.44 bits per heavy atom. The summed E-state index contributed by atoms with van der Waals surface area (Å²) < 4.78 is 5.16. The lowest BCUT2D eigenvalue weighted by Crippen LogP contribution is -2.35. The number of nitrogens with one attached hydrogen (secondary N) is 1. The summed E-state index contributed by atoms with van der Waals surface area (Å²) >= 11 is 0. The zero-order valence-electron chi connectivity index (χ0n) is 11.4. The molecule has 0 bridgehead atoms. The lowest BCUT2D eigenvalue weighted by molar-refractivity contribution is 0.391. The van der Waals surface area contributed by atoms with Crippen molar-refractivity contribution in [3.05, 3.63) is 17.0 Å². The number of hydrogen-bond acceptors (Lipinski definition) is 3. The van der Waals surface area contributed by atoms with E-state index < -0.39 is 0 Å². The maximum atomic E-state index is 5.95. The van der Waals surface area contributed by atoms with Crippen molar-refractivity contribution in [2.24, 2.45) is 10.7 Å². The van der Waals surface area contributed by atoms with Crippen LogP contribution in [0.5, 0.6) is 0 Å². The maximum Gasteiger partial charge on any atom is 0.189 e. The molecule has 1 saturated carbocycles. The molecule has 1 heterocycles. The van der Waals surface area contributed by atoms with Crippen LogP contribution in [0.25, 0.3) is 0 Å². The minimum Gasteiger partial charge on any atom is -0.370 e. The Balaban J connectivity index is 2.00. The molecule has 2 rings (SSSR count). The van der Waals surface area contributed by atoms with Crippen molar-refractivity contribution in [2.75, 3.05) is 0 Å². The smallest absolute Gasteiger partial charge is 0.189 e. The van der Waals surface area contributed by atoms with Gasteiger partial charge in [0, 0.05) is 5.56 Å². The van der Waals surface area contributed by atoms with Gasteiger partial charge >= 0.3 is 0 Å². The molecule has 1 aromatic rings. The van der Waals surface area contributed by atoms with Crippen LogP contribution in [0, 0.1) is 13.8 Å². The second-order valence-electron chi connectivity index (χ2n) is 5.06. The summed E-state index contributed by atoms with van der Waals surface area (Å²) in [6.07, 6.45) is 4.84. The van der Waals surface area contributed by atoms with E-state index in [1.165, 1.54) is 12.8 Å². The van der Waals surface area contributed by atoms with E-state index in [0.717, 1.165) is 29.9 Å². The van der Waals surface area contributed by atoms with Gasteiger partial charge in [0.2, 0.25) is 0 Å². The van der Waals surface area contributed by atoms with Crippen molar-refractivity contribution in [3.63, 3.8) is 0 Å². The van der Waals surface area contributed by atoms with Gasteiger partial charge < -0.3 is 15.6 Å². The van der Waals surface area contributed by atoms with Crippen molar-refractivity contribution in [3.8, 4) is 0 Å². The molecule has 3 N–H and O–H groups in total. The first kappa shape index (κ1) is 12.9. The summed E-state index contributed by atoms with van der Waals surface area (Å²) in [5.74, 6) is 1.36. The standard InChI is InChI=1S/C13H22N4O/c1-8(12-9(2)17-18-10(12)3)15-13(14)16-11-6-4-5-7-11/h8,11H,4-7H2,1-3H3,(H3,14,15,16). The number of rotatable bonds is 3. The van der Waals surface area contributed by atoms with Crippen LogP contribution in [0.2, 0.25) is 0 Å². The number of hydrogen-bond donors (Lipinski definition) is 2. The fourth-order valence-corrected chi connectivity index (χ4v) is 2.67. The fraction of sp³-hybridized carbons (Fsp3) is 0.692. The first-order chi connectivity index (χ1) is 8.58. The molecule has 0 saturated heterocycles. The Morgan fingerprint density at radius 3 is 2.67 bits per heavy atom. The average Bonchev–Trinajstić information content (AvgIpc) is 2.89. The average molecular weight is 250 g/mol. The van der Waals surface area contributed by atoms with Gasteiger partial charge in [0.25, 0.3) is 0 Å².